The predicted molar refractivity (Wildman–Crippen MR) is 33.2 cm³/mol. The Morgan fingerprint density at radius 2 is 2.40 bits per heavy atom. The van der Waals surface area contributed by atoms with Crippen molar-refractivity contribution in [3.8, 4) is 0 Å². The fraction of sp³-hybridized carbons (Fsp3) is 0.250. The van der Waals surface area contributed by atoms with Crippen molar-refractivity contribution < 1.29 is 14.4 Å². The molecule has 10 heavy (non-hydrogen) atoms. The number of hydrogen-bond acceptors (Lipinski definition) is 3. The summed E-state index contributed by atoms with van der Waals surface area (Å²) in [7, 11) is -1.57. The highest BCUT2D eigenvalue weighted by Gasteiger charge is 2.12. The molecule has 1 rings (SSSR count). The van der Waals surface area contributed by atoms with E-state index in [0.717, 1.165) is 4.68 Å². The minimum absolute atomic E-state index is 0.192. The Hall–Kier alpha value is -0.875. The van der Waals surface area contributed by atoms with E-state index < -0.39 is 13.9 Å². The van der Waals surface area contributed by atoms with Crippen LogP contribution >= 0.6 is 0 Å². The van der Waals surface area contributed by atoms with Gasteiger partial charge in [0.05, 0.1) is 0 Å². The lowest BCUT2D eigenvalue weighted by molar-refractivity contribution is 0.350. The van der Waals surface area contributed by atoms with E-state index in [2.05, 4.69) is 5.10 Å². The Labute approximate surface area is 57.1 Å². The minimum atomic E-state index is -1.57. The molecular formula is C4H6BFN2O2. The van der Waals surface area contributed by atoms with Gasteiger partial charge in [0, 0.05) is 17.9 Å². The second-order valence-electron chi connectivity index (χ2n) is 1.81. The molecule has 0 atom stereocenters. The molecular weight excluding hydrogens is 138 g/mol. The van der Waals surface area contributed by atoms with E-state index in [0.29, 0.717) is 0 Å². The first-order valence-electron chi connectivity index (χ1n) is 2.68. The van der Waals surface area contributed by atoms with Gasteiger partial charge in [-0.25, -0.2) is 9.07 Å². The van der Waals surface area contributed by atoms with Gasteiger partial charge in [-0.3, -0.25) is 0 Å². The monoisotopic (exact) mass is 144 g/mol. The van der Waals surface area contributed by atoms with Crippen molar-refractivity contribution in [2.75, 3.05) is 0 Å². The molecule has 0 aliphatic carbocycles. The first kappa shape index (κ1) is 7.23. The largest absolute Gasteiger partial charge is 0.491 e. The van der Waals surface area contributed by atoms with Crippen LogP contribution in [0.25, 0.3) is 0 Å². The standard InChI is InChI=1S/C4H6BFN2O2/c6-3-8-2-4(1-7-8)5(9)10/h1-2,9-10H,3H2. The average Bonchev–Trinajstić information content (AvgIpc) is 2.34. The quantitative estimate of drug-likeness (QED) is 0.496. The Kier molecular flexibility index (Phi) is 2.03. The summed E-state index contributed by atoms with van der Waals surface area (Å²) in [6, 6.07) is 0. The van der Waals surface area contributed by atoms with E-state index in [1.807, 2.05) is 0 Å². The van der Waals surface area contributed by atoms with Crippen molar-refractivity contribution in [3.05, 3.63) is 12.4 Å². The zero-order chi connectivity index (χ0) is 7.56. The number of nitrogens with zero attached hydrogens (tertiary/aromatic N) is 2. The van der Waals surface area contributed by atoms with Crippen LogP contribution in [0.15, 0.2) is 12.4 Å². The van der Waals surface area contributed by atoms with Gasteiger partial charge in [-0.2, -0.15) is 5.10 Å². The molecule has 4 nitrogen and oxygen atoms in total. The Balaban J connectivity index is 2.78. The van der Waals surface area contributed by atoms with E-state index in [9.17, 15) is 4.39 Å². The summed E-state index contributed by atoms with van der Waals surface area (Å²) in [6.45, 7) is -0.757. The van der Waals surface area contributed by atoms with Crippen molar-refractivity contribution in [1.82, 2.24) is 9.78 Å². The van der Waals surface area contributed by atoms with Crippen molar-refractivity contribution >= 4 is 12.6 Å². The molecule has 0 saturated heterocycles. The van der Waals surface area contributed by atoms with Crippen LogP contribution in [0.5, 0.6) is 0 Å². The van der Waals surface area contributed by atoms with Crippen LogP contribution in [0.2, 0.25) is 0 Å². The van der Waals surface area contributed by atoms with Gasteiger partial charge in [0.25, 0.3) is 0 Å². The minimum Gasteiger partial charge on any atom is -0.423 e. The van der Waals surface area contributed by atoms with E-state index in [4.69, 9.17) is 10.0 Å². The molecule has 0 radical (unpaired) electrons. The highest BCUT2D eigenvalue weighted by molar-refractivity contribution is 6.58. The maximum absolute atomic E-state index is 11.7. The van der Waals surface area contributed by atoms with Crippen molar-refractivity contribution in [2.24, 2.45) is 0 Å². The summed E-state index contributed by atoms with van der Waals surface area (Å²) in [5, 5.41) is 20.5. The molecule has 1 aromatic rings. The van der Waals surface area contributed by atoms with E-state index in [-0.39, 0.29) is 5.46 Å². The van der Waals surface area contributed by atoms with Gasteiger partial charge < -0.3 is 10.0 Å². The Morgan fingerprint density at radius 1 is 1.70 bits per heavy atom. The van der Waals surface area contributed by atoms with Gasteiger partial charge in [-0.1, -0.05) is 0 Å². The van der Waals surface area contributed by atoms with Gasteiger partial charge in [0.15, 0.2) is 6.80 Å². The molecule has 0 aromatic carbocycles. The third-order valence-corrected chi connectivity index (χ3v) is 1.07. The summed E-state index contributed by atoms with van der Waals surface area (Å²) in [5.41, 5.74) is 0.192. The molecule has 0 amide bonds. The van der Waals surface area contributed by atoms with Gasteiger partial charge in [-0.15, -0.1) is 0 Å². The fourth-order valence-electron chi connectivity index (χ4n) is 0.578. The fourth-order valence-corrected chi connectivity index (χ4v) is 0.578. The molecule has 0 unspecified atom stereocenters. The zero-order valence-electron chi connectivity index (χ0n) is 5.11. The van der Waals surface area contributed by atoms with Crippen molar-refractivity contribution in [2.45, 2.75) is 6.80 Å². The van der Waals surface area contributed by atoms with E-state index in [1.54, 1.807) is 0 Å². The van der Waals surface area contributed by atoms with Crippen LogP contribution < -0.4 is 5.46 Å². The molecule has 54 valence electrons. The number of hydrogen-bond donors (Lipinski definition) is 2. The number of rotatable bonds is 2. The third-order valence-electron chi connectivity index (χ3n) is 1.07. The number of alkyl halides is 1. The average molecular weight is 144 g/mol. The van der Waals surface area contributed by atoms with Crippen LogP contribution in [-0.2, 0) is 6.80 Å². The topological polar surface area (TPSA) is 58.3 Å². The van der Waals surface area contributed by atoms with Crippen molar-refractivity contribution in [3.63, 3.8) is 0 Å². The molecule has 0 aliphatic heterocycles. The summed E-state index contributed by atoms with van der Waals surface area (Å²) in [4.78, 5) is 0. The molecule has 1 heterocycles. The Bertz CT molecular complexity index is 215. The second kappa shape index (κ2) is 2.81. The lowest BCUT2D eigenvalue weighted by atomic mass is 9.83. The lowest BCUT2D eigenvalue weighted by Crippen LogP contribution is -2.28. The summed E-state index contributed by atoms with van der Waals surface area (Å²) < 4.78 is 12.7. The molecule has 0 spiro atoms. The van der Waals surface area contributed by atoms with Crippen LogP contribution in [0.1, 0.15) is 0 Å². The van der Waals surface area contributed by atoms with Crippen LogP contribution in [-0.4, -0.2) is 26.9 Å². The highest BCUT2D eigenvalue weighted by Crippen LogP contribution is 1.83. The molecule has 0 bridgehead atoms. The van der Waals surface area contributed by atoms with Crippen LogP contribution in [0.3, 0.4) is 0 Å². The molecule has 0 saturated carbocycles. The summed E-state index contributed by atoms with van der Waals surface area (Å²) >= 11 is 0. The second-order valence-corrected chi connectivity index (χ2v) is 1.81. The molecule has 0 fully saturated rings. The normalized spacial score (nSPS) is 9.90. The molecule has 1 aromatic heterocycles. The summed E-state index contributed by atoms with van der Waals surface area (Å²) in [6.07, 6.45) is 2.43. The maximum atomic E-state index is 11.7. The number of halogens is 1. The smallest absolute Gasteiger partial charge is 0.423 e. The van der Waals surface area contributed by atoms with Gasteiger partial charge in [-0.05, 0) is 0 Å². The van der Waals surface area contributed by atoms with Gasteiger partial charge in [0.1, 0.15) is 0 Å². The number of aromatic nitrogens is 2. The van der Waals surface area contributed by atoms with Crippen LogP contribution in [0.4, 0.5) is 4.39 Å². The molecule has 0 aliphatic rings. The summed E-state index contributed by atoms with van der Waals surface area (Å²) in [5.74, 6) is 0. The SMILES string of the molecule is OB(O)c1cnn(CF)c1. The van der Waals surface area contributed by atoms with E-state index in [1.165, 1.54) is 12.4 Å². The lowest BCUT2D eigenvalue weighted by Gasteiger charge is -1.89. The third kappa shape index (κ3) is 1.34. The van der Waals surface area contributed by atoms with E-state index >= 15 is 0 Å². The predicted octanol–water partition coefficient (Wildman–Crippen LogP) is -1.51. The molecule has 2 N–H and O–H groups in total. The highest BCUT2D eigenvalue weighted by atomic mass is 19.1. The van der Waals surface area contributed by atoms with Crippen LogP contribution in [0, 0.1) is 0 Å². The maximum Gasteiger partial charge on any atom is 0.491 e. The first-order chi connectivity index (χ1) is 4.74. The zero-order valence-corrected chi connectivity index (χ0v) is 5.11. The van der Waals surface area contributed by atoms with Crippen molar-refractivity contribution in [1.29, 1.82) is 0 Å². The first-order valence-corrected chi connectivity index (χ1v) is 2.68. The van der Waals surface area contributed by atoms with Gasteiger partial charge in [0.2, 0.25) is 0 Å². The molecule has 6 heteroatoms. The Morgan fingerprint density at radius 3 is 2.70 bits per heavy atom. The van der Waals surface area contributed by atoms with Gasteiger partial charge >= 0.3 is 7.12 Å².